The Bertz CT molecular complexity index is 1130. The Hall–Kier alpha value is -3.42. The second-order valence-electron chi connectivity index (χ2n) is 7.26. The van der Waals surface area contributed by atoms with Gasteiger partial charge in [0.05, 0.1) is 47.8 Å². The molecule has 4 heterocycles. The van der Waals surface area contributed by atoms with Crippen LogP contribution in [0.15, 0.2) is 36.9 Å². The van der Waals surface area contributed by atoms with Gasteiger partial charge < -0.3 is 15.0 Å². The second kappa shape index (κ2) is 8.52. The molecule has 0 amide bonds. The summed E-state index contributed by atoms with van der Waals surface area (Å²) in [7, 11) is 0. The number of hydrogen-bond acceptors (Lipinski definition) is 6. The average Bonchev–Trinajstić information content (AvgIpc) is 3.40. The van der Waals surface area contributed by atoms with Crippen molar-refractivity contribution < 1.29 is 4.74 Å². The number of aryl methyl sites for hydroxylation is 1. The van der Waals surface area contributed by atoms with E-state index in [2.05, 4.69) is 44.9 Å². The molecule has 2 N–H and O–H groups in total. The summed E-state index contributed by atoms with van der Waals surface area (Å²) in [6.45, 7) is 9.46. The molecule has 30 heavy (non-hydrogen) atoms. The van der Waals surface area contributed by atoms with Crippen LogP contribution in [-0.2, 0) is 6.54 Å². The monoisotopic (exact) mass is 405 g/mol. The third-order valence-corrected chi connectivity index (χ3v) is 5.18. The molecule has 8 heteroatoms. The molecule has 4 aromatic heterocycles. The molecule has 1 atom stereocenters. The first-order chi connectivity index (χ1) is 14.6. The molecule has 4 rings (SSSR count). The summed E-state index contributed by atoms with van der Waals surface area (Å²) in [5.41, 5.74) is 6.43. The van der Waals surface area contributed by atoms with Gasteiger partial charge in [0.15, 0.2) is 0 Å². The molecule has 8 nitrogen and oxygen atoms in total. The number of ether oxygens (including phenoxy) is 1. The summed E-state index contributed by atoms with van der Waals surface area (Å²) >= 11 is 0. The van der Waals surface area contributed by atoms with E-state index in [4.69, 9.17) is 14.8 Å². The van der Waals surface area contributed by atoms with Gasteiger partial charge in [-0.15, -0.1) is 0 Å². The lowest BCUT2D eigenvalue weighted by molar-refractivity contribution is 0.328. The number of H-pyrrole nitrogens is 1. The van der Waals surface area contributed by atoms with Crippen molar-refractivity contribution in [3.8, 4) is 17.1 Å². The van der Waals surface area contributed by atoms with E-state index in [9.17, 15) is 0 Å². The highest BCUT2D eigenvalue weighted by atomic mass is 16.5. The van der Waals surface area contributed by atoms with E-state index >= 15 is 0 Å². The minimum Gasteiger partial charge on any atom is -0.477 e. The van der Waals surface area contributed by atoms with Crippen LogP contribution in [0.2, 0.25) is 0 Å². The maximum absolute atomic E-state index is 5.75. The Balaban J connectivity index is 1.88. The van der Waals surface area contributed by atoms with Crippen LogP contribution in [0.25, 0.3) is 22.3 Å². The fraction of sp³-hybridized carbons (Fsp3) is 0.364. The van der Waals surface area contributed by atoms with Crippen LogP contribution in [0.3, 0.4) is 0 Å². The summed E-state index contributed by atoms with van der Waals surface area (Å²) in [5.74, 6) is 0.582. The van der Waals surface area contributed by atoms with Crippen LogP contribution >= 0.6 is 0 Å². The van der Waals surface area contributed by atoms with Crippen molar-refractivity contribution in [2.45, 2.75) is 46.7 Å². The summed E-state index contributed by atoms with van der Waals surface area (Å²) in [6.07, 6.45) is 6.21. The Morgan fingerprint density at radius 1 is 1.30 bits per heavy atom. The second-order valence-corrected chi connectivity index (χ2v) is 7.26. The molecule has 0 fully saturated rings. The molecular weight excluding hydrogens is 378 g/mol. The number of nitrogens with one attached hydrogen (secondary N) is 2. The minimum atomic E-state index is 0.263. The number of aromatic nitrogens is 6. The summed E-state index contributed by atoms with van der Waals surface area (Å²) in [4.78, 5) is 16.6. The smallest absolute Gasteiger partial charge is 0.222 e. The van der Waals surface area contributed by atoms with Gasteiger partial charge in [-0.2, -0.15) is 5.10 Å². The van der Waals surface area contributed by atoms with Gasteiger partial charge in [-0.1, -0.05) is 6.92 Å². The molecular formula is C22H27N7O. The van der Waals surface area contributed by atoms with E-state index in [-0.39, 0.29) is 6.04 Å². The maximum atomic E-state index is 5.75. The van der Waals surface area contributed by atoms with Gasteiger partial charge in [0.25, 0.3) is 0 Å². The number of fused-ring (bicyclic) bond motifs is 1. The zero-order valence-electron chi connectivity index (χ0n) is 17.8. The van der Waals surface area contributed by atoms with Crippen molar-refractivity contribution in [2.75, 3.05) is 11.9 Å². The lowest BCUT2D eigenvalue weighted by atomic mass is 10.1. The molecule has 0 aliphatic heterocycles. The summed E-state index contributed by atoms with van der Waals surface area (Å²) in [5, 5.41) is 8.36. The molecule has 156 valence electrons. The zero-order chi connectivity index (χ0) is 21.1. The first kappa shape index (κ1) is 19.9. The van der Waals surface area contributed by atoms with E-state index in [0.717, 1.165) is 45.8 Å². The predicted molar refractivity (Wildman–Crippen MR) is 118 cm³/mol. The first-order valence-corrected chi connectivity index (χ1v) is 10.3. The number of pyridine rings is 2. The lowest BCUT2D eigenvalue weighted by Crippen LogP contribution is -2.09. The van der Waals surface area contributed by atoms with Gasteiger partial charge in [0.2, 0.25) is 5.88 Å². The van der Waals surface area contributed by atoms with Crippen molar-refractivity contribution in [3.63, 3.8) is 0 Å². The van der Waals surface area contributed by atoms with E-state index in [0.29, 0.717) is 19.0 Å². The van der Waals surface area contributed by atoms with Crippen molar-refractivity contribution in [1.82, 2.24) is 29.7 Å². The van der Waals surface area contributed by atoms with Crippen LogP contribution in [0.5, 0.6) is 5.88 Å². The summed E-state index contributed by atoms with van der Waals surface area (Å²) < 4.78 is 7.82. The minimum absolute atomic E-state index is 0.263. The largest absolute Gasteiger partial charge is 0.477 e. The summed E-state index contributed by atoms with van der Waals surface area (Å²) in [6, 6.07) is 6.20. The van der Waals surface area contributed by atoms with Gasteiger partial charge in [-0.3, -0.25) is 4.68 Å². The van der Waals surface area contributed by atoms with Gasteiger partial charge in [-0.05, 0) is 45.4 Å². The molecule has 0 radical (unpaired) electrons. The molecule has 0 bridgehead atoms. The fourth-order valence-electron chi connectivity index (χ4n) is 3.46. The SMILES string of the molecule is CCOc1ncccc1-c1cc(NCc2cnc[nH]2)c2c(n1)c(C)nn2C(C)CC. The third-order valence-electron chi connectivity index (χ3n) is 5.18. The van der Waals surface area contributed by atoms with E-state index in [1.807, 2.05) is 32.2 Å². The molecule has 0 saturated carbocycles. The molecule has 0 spiro atoms. The molecule has 0 saturated heterocycles. The Morgan fingerprint density at radius 3 is 2.90 bits per heavy atom. The van der Waals surface area contributed by atoms with Gasteiger partial charge in [-0.25, -0.2) is 15.0 Å². The highest BCUT2D eigenvalue weighted by Crippen LogP contribution is 2.35. The van der Waals surface area contributed by atoms with Crippen molar-refractivity contribution in [3.05, 3.63) is 48.3 Å². The van der Waals surface area contributed by atoms with Crippen molar-refractivity contribution in [2.24, 2.45) is 0 Å². The maximum Gasteiger partial charge on any atom is 0.222 e. The Labute approximate surface area is 175 Å². The van der Waals surface area contributed by atoms with Crippen LogP contribution < -0.4 is 10.1 Å². The number of rotatable bonds is 8. The molecule has 0 aromatic carbocycles. The molecule has 4 aromatic rings. The Kier molecular flexibility index (Phi) is 5.65. The number of anilines is 1. The highest BCUT2D eigenvalue weighted by molar-refractivity contribution is 5.93. The van der Waals surface area contributed by atoms with Gasteiger partial charge in [0, 0.05) is 18.4 Å². The molecule has 1 unspecified atom stereocenters. The van der Waals surface area contributed by atoms with Gasteiger partial charge >= 0.3 is 0 Å². The van der Waals surface area contributed by atoms with E-state index in [1.165, 1.54) is 0 Å². The number of imidazole rings is 1. The number of nitrogens with zero attached hydrogens (tertiary/aromatic N) is 5. The predicted octanol–water partition coefficient (Wildman–Crippen LogP) is 4.51. The van der Waals surface area contributed by atoms with Crippen LogP contribution in [0.4, 0.5) is 5.69 Å². The van der Waals surface area contributed by atoms with Crippen molar-refractivity contribution in [1.29, 1.82) is 0 Å². The molecule has 0 aliphatic rings. The fourth-order valence-corrected chi connectivity index (χ4v) is 3.46. The van der Waals surface area contributed by atoms with E-state index < -0.39 is 0 Å². The first-order valence-electron chi connectivity index (χ1n) is 10.3. The van der Waals surface area contributed by atoms with E-state index in [1.54, 1.807) is 12.5 Å². The number of hydrogen-bond donors (Lipinski definition) is 2. The molecule has 0 aliphatic carbocycles. The van der Waals surface area contributed by atoms with Crippen LogP contribution in [0, 0.1) is 6.92 Å². The normalized spacial score (nSPS) is 12.3. The topological polar surface area (TPSA) is 93.5 Å². The lowest BCUT2D eigenvalue weighted by Gasteiger charge is -2.16. The highest BCUT2D eigenvalue weighted by Gasteiger charge is 2.20. The number of aromatic amines is 1. The van der Waals surface area contributed by atoms with Crippen LogP contribution in [0.1, 0.15) is 44.6 Å². The van der Waals surface area contributed by atoms with Crippen LogP contribution in [-0.4, -0.2) is 36.3 Å². The average molecular weight is 406 g/mol. The zero-order valence-corrected chi connectivity index (χ0v) is 17.8. The van der Waals surface area contributed by atoms with Crippen molar-refractivity contribution >= 4 is 16.7 Å². The third kappa shape index (κ3) is 3.72. The van der Waals surface area contributed by atoms with Gasteiger partial charge in [0.1, 0.15) is 11.0 Å². The quantitative estimate of drug-likeness (QED) is 0.448. The standard InChI is InChI=1S/C22H27N7O/c1-5-14(3)29-21-19(25-12-16-11-23-13-26-16)10-18(27-20(21)15(4)28-29)17-8-7-9-24-22(17)30-6-2/h7-11,13-14H,5-6,12H2,1-4H3,(H,23,26)(H,25,27). The Morgan fingerprint density at radius 2 is 2.17 bits per heavy atom.